The van der Waals surface area contributed by atoms with Crippen LogP contribution in [0.25, 0.3) is 0 Å². The number of thiazole rings is 1. The summed E-state index contributed by atoms with van der Waals surface area (Å²) in [5.41, 5.74) is 1.58. The predicted molar refractivity (Wildman–Crippen MR) is 95.5 cm³/mol. The van der Waals surface area contributed by atoms with Gasteiger partial charge in [0.2, 0.25) is 5.91 Å². The number of carbonyl (C=O) groups is 2. The van der Waals surface area contributed by atoms with Gasteiger partial charge in [-0.2, -0.15) is 0 Å². The first-order chi connectivity index (χ1) is 11.6. The number of rotatable bonds is 5. The first-order valence-electron chi connectivity index (χ1n) is 7.93. The van der Waals surface area contributed by atoms with Crippen molar-refractivity contribution in [2.75, 3.05) is 29.9 Å². The largest absolute Gasteiger partial charge is 0.371 e. The van der Waals surface area contributed by atoms with Crippen LogP contribution in [0.4, 0.5) is 10.8 Å². The monoisotopic (exact) mass is 344 g/mol. The summed E-state index contributed by atoms with van der Waals surface area (Å²) in [6, 6.07) is 10.3. The Morgan fingerprint density at radius 3 is 2.88 bits per heavy atom. The lowest BCUT2D eigenvalue weighted by Crippen LogP contribution is -2.31. The number of aromatic nitrogens is 1. The summed E-state index contributed by atoms with van der Waals surface area (Å²) in [4.78, 5) is 29.6. The molecule has 2 heterocycles. The van der Waals surface area contributed by atoms with E-state index in [0.717, 1.165) is 19.5 Å². The van der Waals surface area contributed by atoms with Crippen molar-refractivity contribution in [2.24, 2.45) is 5.92 Å². The molecule has 24 heavy (non-hydrogen) atoms. The molecule has 6 nitrogen and oxygen atoms in total. The van der Waals surface area contributed by atoms with E-state index in [1.807, 2.05) is 18.2 Å². The molecule has 1 aromatic heterocycles. The summed E-state index contributed by atoms with van der Waals surface area (Å²) in [5.74, 6) is 0.0480. The van der Waals surface area contributed by atoms with E-state index in [-0.39, 0.29) is 11.8 Å². The number of nitrogens with zero attached hydrogens (tertiary/aromatic N) is 2. The maximum atomic E-state index is 12.2. The van der Waals surface area contributed by atoms with Crippen molar-refractivity contribution >= 4 is 34.0 Å². The van der Waals surface area contributed by atoms with Crippen LogP contribution in [0, 0.1) is 5.92 Å². The standard InChI is InChI=1S/C17H20N4O2S/c1-12(22)19-17-20-15(11-24-17)16(23)18-9-13-7-8-21(10-13)14-5-3-2-4-6-14/h2-6,11,13H,7-10H2,1H3,(H,18,23)(H,19,20,22)/t13-/m0/s1. The molecule has 2 amide bonds. The molecule has 2 aromatic rings. The van der Waals surface area contributed by atoms with Crippen LogP contribution in [0.1, 0.15) is 23.8 Å². The smallest absolute Gasteiger partial charge is 0.270 e. The zero-order valence-corrected chi connectivity index (χ0v) is 14.3. The number of anilines is 2. The van der Waals surface area contributed by atoms with Gasteiger partial charge in [0.05, 0.1) is 0 Å². The normalized spacial score (nSPS) is 16.9. The molecule has 1 aliphatic rings. The van der Waals surface area contributed by atoms with Gasteiger partial charge in [0, 0.05) is 37.6 Å². The fourth-order valence-corrected chi connectivity index (χ4v) is 3.52. The summed E-state index contributed by atoms with van der Waals surface area (Å²) in [7, 11) is 0. The average molecular weight is 344 g/mol. The van der Waals surface area contributed by atoms with Gasteiger partial charge >= 0.3 is 0 Å². The Kier molecular flexibility index (Phi) is 5.10. The van der Waals surface area contributed by atoms with E-state index in [1.54, 1.807) is 5.38 Å². The molecule has 1 atom stereocenters. The topological polar surface area (TPSA) is 74.3 Å². The van der Waals surface area contributed by atoms with Crippen molar-refractivity contribution in [1.29, 1.82) is 0 Å². The van der Waals surface area contributed by atoms with E-state index in [1.165, 1.54) is 23.9 Å². The Balaban J connectivity index is 1.48. The lowest BCUT2D eigenvalue weighted by atomic mass is 10.1. The van der Waals surface area contributed by atoms with Crippen LogP contribution in [0.2, 0.25) is 0 Å². The SMILES string of the molecule is CC(=O)Nc1nc(C(=O)NC[C@@H]2CCN(c3ccccc3)C2)cs1. The molecule has 0 bridgehead atoms. The summed E-state index contributed by atoms with van der Waals surface area (Å²) in [5, 5.41) is 7.63. The molecule has 2 N–H and O–H groups in total. The number of hydrogen-bond acceptors (Lipinski definition) is 5. The number of hydrogen-bond donors (Lipinski definition) is 2. The molecule has 7 heteroatoms. The number of nitrogens with one attached hydrogen (secondary N) is 2. The summed E-state index contributed by atoms with van der Waals surface area (Å²) in [6.07, 6.45) is 1.06. The molecule has 1 saturated heterocycles. The van der Waals surface area contributed by atoms with Crippen molar-refractivity contribution in [3.8, 4) is 0 Å². The molecule has 1 fully saturated rings. The van der Waals surface area contributed by atoms with Gasteiger partial charge in [-0.3, -0.25) is 9.59 Å². The second kappa shape index (κ2) is 7.44. The minimum absolute atomic E-state index is 0.191. The van der Waals surface area contributed by atoms with Crippen LogP contribution in [0.15, 0.2) is 35.7 Å². The fraction of sp³-hybridized carbons (Fsp3) is 0.353. The number of benzene rings is 1. The van der Waals surface area contributed by atoms with Gasteiger partial charge in [-0.1, -0.05) is 18.2 Å². The second-order valence-corrected chi connectivity index (χ2v) is 6.72. The predicted octanol–water partition coefficient (Wildman–Crippen LogP) is 2.36. The average Bonchev–Trinajstić information content (AvgIpc) is 3.22. The lowest BCUT2D eigenvalue weighted by molar-refractivity contribution is -0.114. The van der Waals surface area contributed by atoms with Crippen molar-refractivity contribution in [3.63, 3.8) is 0 Å². The summed E-state index contributed by atoms with van der Waals surface area (Å²) < 4.78 is 0. The van der Waals surface area contributed by atoms with Crippen LogP contribution in [-0.4, -0.2) is 36.4 Å². The van der Waals surface area contributed by atoms with Crippen LogP contribution >= 0.6 is 11.3 Å². The quantitative estimate of drug-likeness (QED) is 0.873. The number of para-hydroxylation sites is 1. The van der Waals surface area contributed by atoms with Crippen LogP contribution < -0.4 is 15.5 Å². The number of carbonyl (C=O) groups excluding carboxylic acids is 2. The van der Waals surface area contributed by atoms with Crippen molar-refractivity contribution in [3.05, 3.63) is 41.4 Å². The van der Waals surface area contributed by atoms with E-state index >= 15 is 0 Å². The van der Waals surface area contributed by atoms with E-state index in [4.69, 9.17) is 0 Å². The summed E-state index contributed by atoms with van der Waals surface area (Å²) >= 11 is 1.25. The van der Waals surface area contributed by atoms with E-state index in [9.17, 15) is 9.59 Å². The Bertz CT molecular complexity index is 716. The Labute approximate surface area is 144 Å². The molecular weight excluding hydrogens is 324 g/mol. The Morgan fingerprint density at radius 2 is 2.12 bits per heavy atom. The first-order valence-corrected chi connectivity index (χ1v) is 8.81. The molecule has 1 aliphatic heterocycles. The number of amides is 2. The third kappa shape index (κ3) is 4.11. The van der Waals surface area contributed by atoms with Crippen molar-refractivity contribution < 1.29 is 9.59 Å². The molecular formula is C17H20N4O2S. The molecule has 126 valence electrons. The molecule has 3 rings (SSSR count). The first kappa shape index (κ1) is 16.4. The van der Waals surface area contributed by atoms with Crippen LogP contribution in [-0.2, 0) is 4.79 Å². The Morgan fingerprint density at radius 1 is 1.33 bits per heavy atom. The lowest BCUT2D eigenvalue weighted by Gasteiger charge is -2.18. The molecule has 0 aliphatic carbocycles. The van der Waals surface area contributed by atoms with Crippen molar-refractivity contribution in [1.82, 2.24) is 10.3 Å². The van der Waals surface area contributed by atoms with E-state index in [2.05, 4.69) is 32.7 Å². The van der Waals surface area contributed by atoms with Gasteiger partial charge in [-0.05, 0) is 24.5 Å². The minimum Gasteiger partial charge on any atom is -0.371 e. The Hall–Kier alpha value is -2.41. The molecule has 0 spiro atoms. The zero-order chi connectivity index (χ0) is 16.9. The second-order valence-electron chi connectivity index (χ2n) is 5.87. The third-order valence-electron chi connectivity index (χ3n) is 3.98. The minimum atomic E-state index is -0.194. The fourth-order valence-electron chi connectivity index (χ4n) is 2.79. The van der Waals surface area contributed by atoms with Crippen LogP contribution in [0.3, 0.4) is 0 Å². The van der Waals surface area contributed by atoms with Gasteiger partial charge in [-0.25, -0.2) is 4.98 Å². The molecule has 0 unspecified atom stereocenters. The van der Waals surface area contributed by atoms with Gasteiger partial charge in [0.25, 0.3) is 5.91 Å². The molecule has 0 radical (unpaired) electrons. The maximum absolute atomic E-state index is 12.2. The summed E-state index contributed by atoms with van der Waals surface area (Å²) in [6.45, 7) is 4.00. The van der Waals surface area contributed by atoms with Gasteiger partial charge in [0.1, 0.15) is 5.69 Å². The zero-order valence-electron chi connectivity index (χ0n) is 13.5. The van der Waals surface area contributed by atoms with Crippen molar-refractivity contribution in [2.45, 2.75) is 13.3 Å². The van der Waals surface area contributed by atoms with Gasteiger partial charge < -0.3 is 15.5 Å². The van der Waals surface area contributed by atoms with E-state index < -0.39 is 0 Å². The highest BCUT2D eigenvalue weighted by atomic mass is 32.1. The molecule has 0 saturated carbocycles. The van der Waals surface area contributed by atoms with E-state index in [0.29, 0.717) is 23.3 Å². The van der Waals surface area contributed by atoms with Gasteiger partial charge in [-0.15, -0.1) is 11.3 Å². The highest BCUT2D eigenvalue weighted by Crippen LogP contribution is 2.23. The maximum Gasteiger partial charge on any atom is 0.270 e. The van der Waals surface area contributed by atoms with Crippen LogP contribution in [0.5, 0.6) is 0 Å². The highest BCUT2D eigenvalue weighted by Gasteiger charge is 2.23. The third-order valence-corrected chi connectivity index (χ3v) is 4.74. The molecule has 1 aromatic carbocycles. The van der Waals surface area contributed by atoms with Gasteiger partial charge in [0.15, 0.2) is 5.13 Å². The highest BCUT2D eigenvalue weighted by molar-refractivity contribution is 7.14.